The molecule has 0 aliphatic carbocycles. The molecule has 2 heterocycles. The highest BCUT2D eigenvalue weighted by molar-refractivity contribution is 5.36. The highest BCUT2D eigenvalue weighted by atomic mass is 15.3. The van der Waals surface area contributed by atoms with E-state index in [4.69, 9.17) is 0 Å². The Bertz CT molecular complexity index is 322. The summed E-state index contributed by atoms with van der Waals surface area (Å²) in [4.78, 5) is 0. The quantitative estimate of drug-likeness (QED) is 0.691. The minimum Gasteiger partial charge on any atom is -0.306 e. The number of hydrogen-bond acceptors (Lipinski definition) is 2. The summed E-state index contributed by atoms with van der Waals surface area (Å²) in [6, 6.07) is 0. The summed E-state index contributed by atoms with van der Waals surface area (Å²) in [5.41, 5.74) is 0.788. The molecule has 0 aromatic rings. The first-order valence-corrected chi connectivity index (χ1v) is 7.25. The third-order valence-electron chi connectivity index (χ3n) is 7.25. The van der Waals surface area contributed by atoms with Crippen molar-refractivity contribution in [3.63, 3.8) is 0 Å². The molecule has 18 heavy (non-hydrogen) atoms. The third-order valence-corrected chi connectivity index (χ3v) is 7.25. The van der Waals surface area contributed by atoms with Crippen LogP contribution in [0.15, 0.2) is 0 Å². The van der Waals surface area contributed by atoms with Gasteiger partial charge in [-0.3, -0.25) is 0 Å². The third kappa shape index (κ3) is 1.09. The first-order valence-electron chi connectivity index (χ1n) is 7.25. The zero-order chi connectivity index (χ0) is 14.4. The van der Waals surface area contributed by atoms with Gasteiger partial charge in [-0.25, -0.2) is 0 Å². The lowest BCUT2D eigenvalue weighted by atomic mass is 9.48. The Morgan fingerprint density at radius 3 is 0.722 bits per heavy atom. The number of rotatable bonds is 0. The van der Waals surface area contributed by atoms with Gasteiger partial charge >= 0.3 is 0 Å². The molecule has 0 saturated carbocycles. The van der Waals surface area contributed by atoms with Crippen LogP contribution in [0.25, 0.3) is 0 Å². The molecule has 2 aliphatic heterocycles. The fourth-order valence-electron chi connectivity index (χ4n) is 6.12. The van der Waals surface area contributed by atoms with Crippen molar-refractivity contribution in [2.24, 2.45) is 10.8 Å². The molecule has 2 heteroatoms. The van der Waals surface area contributed by atoms with Crippen molar-refractivity contribution in [2.75, 3.05) is 0 Å². The predicted molar refractivity (Wildman–Crippen MR) is 78.8 cm³/mol. The molecule has 0 spiro atoms. The van der Waals surface area contributed by atoms with E-state index in [1.54, 1.807) is 0 Å². The molecule has 2 N–H and O–H groups in total. The Morgan fingerprint density at radius 2 is 0.556 bits per heavy atom. The monoisotopic (exact) mass is 252 g/mol. The van der Waals surface area contributed by atoms with Gasteiger partial charge in [-0.1, -0.05) is 13.8 Å². The molecular weight excluding hydrogens is 220 g/mol. The fraction of sp³-hybridized carbons (Fsp3) is 1.00. The van der Waals surface area contributed by atoms with Gasteiger partial charge < -0.3 is 10.6 Å². The molecule has 0 unspecified atom stereocenters. The molecule has 2 saturated heterocycles. The molecule has 0 aromatic heterocycles. The minimum atomic E-state index is 0.107. The topological polar surface area (TPSA) is 24.1 Å². The molecule has 0 bridgehead atoms. The van der Waals surface area contributed by atoms with Gasteiger partial charge in [-0.15, -0.1) is 0 Å². The Hall–Kier alpha value is -0.0800. The van der Waals surface area contributed by atoms with E-state index >= 15 is 0 Å². The van der Waals surface area contributed by atoms with E-state index < -0.39 is 0 Å². The van der Waals surface area contributed by atoms with Crippen molar-refractivity contribution in [1.29, 1.82) is 0 Å². The van der Waals surface area contributed by atoms with Gasteiger partial charge in [0.25, 0.3) is 0 Å². The molecule has 2 fully saturated rings. The van der Waals surface area contributed by atoms with Crippen LogP contribution in [0.3, 0.4) is 0 Å². The normalized spacial score (nSPS) is 47.0. The van der Waals surface area contributed by atoms with Crippen LogP contribution >= 0.6 is 0 Å². The van der Waals surface area contributed by atoms with Crippen LogP contribution in [0.5, 0.6) is 0 Å². The van der Waals surface area contributed by atoms with Gasteiger partial charge in [0.2, 0.25) is 0 Å². The molecule has 0 aromatic carbocycles. The van der Waals surface area contributed by atoms with E-state index in [2.05, 4.69) is 79.9 Å². The lowest BCUT2D eigenvalue weighted by molar-refractivity contribution is 0.000600. The van der Waals surface area contributed by atoms with Crippen LogP contribution in [0.2, 0.25) is 0 Å². The summed E-state index contributed by atoms with van der Waals surface area (Å²) in [7, 11) is 0. The lowest BCUT2D eigenvalue weighted by Crippen LogP contribution is -2.60. The predicted octanol–water partition coefficient (Wildman–Crippen LogP) is 3.32. The van der Waals surface area contributed by atoms with E-state index in [1.165, 1.54) is 0 Å². The molecule has 2 rings (SSSR count). The second-order valence-electron chi connectivity index (χ2n) is 9.00. The van der Waals surface area contributed by atoms with Crippen LogP contribution in [0, 0.1) is 10.8 Å². The maximum absolute atomic E-state index is 3.92. The van der Waals surface area contributed by atoms with Crippen LogP contribution in [0.1, 0.15) is 69.2 Å². The maximum Gasteiger partial charge on any atom is 0.0207 e. The summed E-state index contributed by atoms with van der Waals surface area (Å²) >= 11 is 0. The van der Waals surface area contributed by atoms with Crippen LogP contribution in [0.4, 0.5) is 0 Å². The molecule has 106 valence electrons. The van der Waals surface area contributed by atoms with E-state index in [1.807, 2.05) is 0 Å². The lowest BCUT2D eigenvalue weighted by Gasteiger charge is -2.53. The fourth-order valence-corrected chi connectivity index (χ4v) is 6.12. The average Bonchev–Trinajstić information content (AvgIpc) is 2.26. The second kappa shape index (κ2) is 2.98. The van der Waals surface area contributed by atoms with Crippen molar-refractivity contribution >= 4 is 0 Å². The van der Waals surface area contributed by atoms with Crippen LogP contribution < -0.4 is 10.6 Å². The summed E-state index contributed by atoms with van der Waals surface area (Å²) in [6.45, 7) is 23.9. The van der Waals surface area contributed by atoms with Crippen LogP contribution in [-0.4, -0.2) is 22.2 Å². The standard InChI is InChI=1S/C16H32N2/c1-11(2)15(9)12(3,4)18-14(7,8)16(15,10)13(5,6)17-11/h17-18H,1-10H3. The van der Waals surface area contributed by atoms with Crippen molar-refractivity contribution in [3.05, 3.63) is 0 Å². The highest BCUT2D eigenvalue weighted by Crippen LogP contribution is 2.71. The minimum absolute atomic E-state index is 0.107. The van der Waals surface area contributed by atoms with E-state index in [0.717, 1.165) is 0 Å². The molecular formula is C16H32N2. The van der Waals surface area contributed by atoms with Gasteiger partial charge in [-0.05, 0) is 55.4 Å². The van der Waals surface area contributed by atoms with E-state index in [9.17, 15) is 0 Å². The van der Waals surface area contributed by atoms with Gasteiger partial charge in [0.1, 0.15) is 0 Å². The number of hydrogen-bond donors (Lipinski definition) is 2. The van der Waals surface area contributed by atoms with Gasteiger partial charge in [-0.2, -0.15) is 0 Å². The van der Waals surface area contributed by atoms with Crippen molar-refractivity contribution in [2.45, 2.75) is 91.4 Å². The number of fused-ring (bicyclic) bond motifs is 1. The SMILES string of the molecule is CC1(C)NC(C)(C)C2(C)C(C)(C)NC(C)(C)C12C. The first kappa shape index (κ1) is 14.3. The van der Waals surface area contributed by atoms with Crippen molar-refractivity contribution < 1.29 is 0 Å². The average molecular weight is 252 g/mol. The Labute approximate surface area is 113 Å². The largest absolute Gasteiger partial charge is 0.306 e. The Balaban J connectivity index is 2.80. The van der Waals surface area contributed by atoms with Crippen molar-refractivity contribution in [1.82, 2.24) is 10.6 Å². The molecule has 0 amide bonds. The summed E-state index contributed by atoms with van der Waals surface area (Å²) < 4.78 is 0. The maximum atomic E-state index is 3.92. The zero-order valence-electron chi connectivity index (χ0n) is 14.0. The second-order valence-corrected chi connectivity index (χ2v) is 9.00. The first-order chi connectivity index (χ1) is 7.66. The summed E-state index contributed by atoms with van der Waals surface area (Å²) in [6.07, 6.45) is 0. The zero-order valence-corrected chi connectivity index (χ0v) is 14.0. The summed E-state index contributed by atoms with van der Waals surface area (Å²) in [5.74, 6) is 0. The van der Waals surface area contributed by atoms with Gasteiger partial charge in [0, 0.05) is 33.0 Å². The Kier molecular flexibility index (Phi) is 2.37. The summed E-state index contributed by atoms with van der Waals surface area (Å²) in [5, 5.41) is 7.85. The molecule has 0 radical (unpaired) electrons. The smallest absolute Gasteiger partial charge is 0.0207 e. The highest BCUT2D eigenvalue weighted by Gasteiger charge is 2.79. The van der Waals surface area contributed by atoms with Gasteiger partial charge in [0.15, 0.2) is 0 Å². The van der Waals surface area contributed by atoms with E-state index in [0.29, 0.717) is 0 Å². The molecule has 2 nitrogen and oxygen atoms in total. The van der Waals surface area contributed by atoms with Crippen LogP contribution in [-0.2, 0) is 0 Å². The molecule has 2 aliphatic rings. The Morgan fingerprint density at radius 1 is 0.389 bits per heavy atom. The molecule has 0 atom stereocenters. The van der Waals surface area contributed by atoms with Gasteiger partial charge in [0.05, 0.1) is 0 Å². The van der Waals surface area contributed by atoms with Crippen molar-refractivity contribution in [3.8, 4) is 0 Å². The van der Waals surface area contributed by atoms with E-state index in [-0.39, 0.29) is 33.0 Å². The number of nitrogens with one attached hydrogen (secondary N) is 2.